The van der Waals surface area contributed by atoms with Gasteiger partial charge in [0, 0.05) is 16.3 Å². The number of ketones is 1. The van der Waals surface area contributed by atoms with Crippen molar-refractivity contribution in [3.8, 4) is 11.5 Å². The van der Waals surface area contributed by atoms with Crippen molar-refractivity contribution in [2.45, 2.75) is 19.6 Å². The maximum absolute atomic E-state index is 13.4. The molecule has 4 aromatic rings. The Bertz CT molecular complexity index is 1600. The molecular formula is C31H23Cl2NO5. The fraction of sp³-hybridized carbons (Fsp3) is 0.0968. The van der Waals surface area contributed by atoms with Crippen LogP contribution in [0.2, 0.25) is 10.0 Å². The number of ether oxygens (including phenoxy) is 1. The number of phenols is 1. The fourth-order valence-corrected chi connectivity index (χ4v) is 4.87. The summed E-state index contributed by atoms with van der Waals surface area (Å²) in [5, 5.41) is 21.9. The van der Waals surface area contributed by atoms with E-state index < -0.39 is 17.7 Å². The standard InChI is InChI=1S/C31H23Cl2NO5/c1-18-15-21(8-14-26(18)39-17-19-5-3-2-4-6-19)29(36)27-28(20-7-13-25(35)24(33)16-20)34(31(38)30(27)37)23-11-9-22(32)10-12-23/h2-16,28,35-36H,17H2,1H3/b29-27-. The van der Waals surface area contributed by atoms with Crippen molar-refractivity contribution in [2.75, 3.05) is 4.90 Å². The van der Waals surface area contributed by atoms with Crippen LogP contribution in [0.25, 0.3) is 5.76 Å². The quantitative estimate of drug-likeness (QED) is 0.148. The Morgan fingerprint density at radius 3 is 2.31 bits per heavy atom. The van der Waals surface area contributed by atoms with Crippen LogP contribution in [-0.4, -0.2) is 21.9 Å². The first-order chi connectivity index (χ1) is 18.7. The first kappa shape index (κ1) is 26.4. The highest BCUT2D eigenvalue weighted by Crippen LogP contribution is 2.44. The van der Waals surface area contributed by atoms with Crippen LogP contribution in [0.4, 0.5) is 5.69 Å². The molecule has 0 radical (unpaired) electrons. The number of aliphatic hydroxyl groups is 1. The van der Waals surface area contributed by atoms with Crippen LogP contribution in [0.3, 0.4) is 0 Å². The lowest BCUT2D eigenvalue weighted by Gasteiger charge is -2.25. The van der Waals surface area contributed by atoms with Gasteiger partial charge in [0.1, 0.15) is 23.9 Å². The van der Waals surface area contributed by atoms with Gasteiger partial charge >= 0.3 is 0 Å². The number of nitrogens with zero attached hydrogens (tertiary/aromatic N) is 1. The molecule has 1 aliphatic rings. The second kappa shape index (κ2) is 10.8. The van der Waals surface area contributed by atoms with Gasteiger partial charge in [0.2, 0.25) is 0 Å². The van der Waals surface area contributed by atoms with Gasteiger partial charge in [0.05, 0.1) is 16.6 Å². The Labute approximate surface area is 235 Å². The molecule has 1 amide bonds. The molecule has 0 saturated carbocycles. The van der Waals surface area contributed by atoms with Gasteiger partial charge in [-0.3, -0.25) is 14.5 Å². The predicted molar refractivity (Wildman–Crippen MR) is 151 cm³/mol. The van der Waals surface area contributed by atoms with Gasteiger partial charge in [0.25, 0.3) is 11.7 Å². The summed E-state index contributed by atoms with van der Waals surface area (Å²) in [6.07, 6.45) is 0. The van der Waals surface area contributed by atoms with Crippen molar-refractivity contribution >= 4 is 46.3 Å². The van der Waals surface area contributed by atoms with E-state index in [1.54, 1.807) is 48.5 Å². The first-order valence-corrected chi connectivity index (χ1v) is 12.8. The van der Waals surface area contributed by atoms with E-state index >= 15 is 0 Å². The summed E-state index contributed by atoms with van der Waals surface area (Å²) >= 11 is 12.2. The molecule has 6 nitrogen and oxygen atoms in total. The van der Waals surface area contributed by atoms with Gasteiger partial charge in [-0.25, -0.2) is 0 Å². The Balaban J connectivity index is 1.57. The summed E-state index contributed by atoms with van der Waals surface area (Å²) in [6, 6.07) is 24.6. The van der Waals surface area contributed by atoms with E-state index in [0.717, 1.165) is 11.1 Å². The third kappa shape index (κ3) is 5.21. The van der Waals surface area contributed by atoms with Crippen molar-refractivity contribution in [3.63, 3.8) is 0 Å². The molecule has 196 valence electrons. The Morgan fingerprint density at radius 2 is 1.64 bits per heavy atom. The van der Waals surface area contributed by atoms with Gasteiger partial charge in [-0.2, -0.15) is 0 Å². The van der Waals surface area contributed by atoms with Gasteiger partial charge < -0.3 is 14.9 Å². The van der Waals surface area contributed by atoms with Crippen LogP contribution in [0.15, 0.2) is 96.6 Å². The zero-order valence-corrected chi connectivity index (χ0v) is 22.3. The molecule has 1 aliphatic heterocycles. The lowest BCUT2D eigenvalue weighted by atomic mass is 9.94. The van der Waals surface area contributed by atoms with Gasteiger partial charge in [0.15, 0.2) is 0 Å². The third-order valence-corrected chi connectivity index (χ3v) is 7.08. The number of benzene rings is 4. The maximum atomic E-state index is 13.4. The van der Waals surface area contributed by atoms with E-state index in [9.17, 15) is 19.8 Å². The predicted octanol–water partition coefficient (Wildman–Crippen LogP) is 7.21. The summed E-state index contributed by atoms with van der Waals surface area (Å²) < 4.78 is 5.94. The number of hydrogen-bond acceptors (Lipinski definition) is 5. The van der Waals surface area contributed by atoms with Crippen molar-refractivity contribution in [1.29, 1.82) is 0 Å². The molecule has 1 fully saturated rings. The molecule has 8 heteroatoms. The molecule has 0 bridgehead atoms. The molecule has 0 aromatic heterocycles. The number of aromatic hydroxyl groups is 1. The topological polar surface area (TPSA) is 87.1 Å². The average molecular weight is 560 g/mol. The second-order valence-electron chi connectivity index (χ2n) is 9.11. The lowest BCUT2D eigenvalue weighted by molar-refractivity contribution is -0.132. The number of aliphatic hydroxyl groups excluding tert-OH is 1. The maximum Gasteiger partial charge on any atom is 0.300 e. The Hall–Kier alpha value is -4.26. The average Bonchev–Trinajstić information content (AvgIpc) is 3.20. The molecule has 0 aliphatic carbocycles. The summed E-state index contributed by atoms with van der Waals surface area (Å²) in [7, 11) is 0. The minimum absolute atomic E-state index is 0.0463. The highest BCUT2D eigenvalue weighted by molar-refractivity contribution is 6.51. The number of carbonyl (C=O) groups is 2. The normalized spacial score (nSPS) is 16.5. The highest BCUT2D eigenvalue weighted by Gasteiger charge is 2.47. The fourth-order valence-electron chi connectivity index (χ4n) is 4.56. The number of anilines is 1. The van der Waals surface area contributed by atoms with Crippen LogP contribution in [0, 0.1) is 6.92 Å². The van der Waals surface area contributed by atoms with Gasteiger partial charge in [-0.05, 0) is 78.2 Å². The molecule has 5 rings (SSSR count). The minimum atomic E-state index is -1.00. The van der Waals surface area contributed by atoms with Crippen molar-refractivity contribution in [2.24, 2.45) is 0 Å². The number of hydrogen-bond donors (Lipinski definition) is 2. The van der Waals surface area contributed by atoms with Crippen LogP contribution >= 0.6 is 23.2 Å². The van der Waals surface area contributed by atoms with E-state index in [4.69, 9.17) is 27.9 Å². The molecule has 1 saturated heterocycles. The van der Waals surface area contributed by atoms with Crippen LogP contribution in [0.1, 0.15) is 28.3 Å². The first-order valence-electron chi connectivity index (χ1n) is 12.1. The molecule has 0 spiro atoms. The van der Waals surface area contributed by atoms with Gasteiger partial charge in [-0.1, -0.05) is 59.6 Å². The Kier molecular flexibility index (Phi) is 7.33. The monoisotopic (exact) mass is 559 g/mol. The number of carbonyl (C=O) groups excluding carboxylic acids is 2. The summed E-state index contributed by atoms with van der Waals surface area (Å²) in [6.45, 7) is 2.21. The smallest absolute Gasteiger partial charge is 0.300 e. The molecule has 1 heterocycles. The van der Waals surface area contributed by atoms with Crippen molar-refractivity contribution < 1.29 is 24.5 Å². The molecule has 39 heavy (non-hydrogen) atoms. The van der Waals surface area contributed by atoms with Crippen LogP contribution in [-0.2, 0) is 16.2 Å². The summed E-state index contributed by atoms with van der Waals surface area (Å²) in [5.41, 5.74) is 2.85. The number of phenolic OH excluding ortho intramolecular Hbond substituents is 1. The second-order valence-corrected chi connectivity index (χ2v) is 9.95. The van der Waals surface area contributed by atoms with Crippen molar-refractivity contribution in [1.82, 2.24) is 0 Å². The van der Waals surface area contributed by atoms with Crippen LogP contribution in [0.5, 0.6) is 11.5 Å². The van der Waals surface area contributed by atoms with Crippen molar-refractivity contribution in [3.05, 3.63) is 129 Å². The summed E-state index contributed by atoms with van der Waals surface area (Å²) in [4.78, 5) is 28.0. The third-order valence-electron chi connectivity index (χ3n) is 6.52. The van der Waals surface area contributed by atoms with E-state index in [-0.39, 0.29) is 22.1 Å². The number of aryl methyl sites for hydroxylation is 1. The molecule has 1 unspecified atom stereocenters. The van der Waals surface area contributed by atoms with E-state index in [2.05, 4.69) is 0 Å². The van der Waals surface area contributed by atoms with E-state index in [0.29, 0.717) is 34.2 Å². The lowest BCUT2D eigenvalue weighted by Crippen LogP contribution is -2.29. The Morgan fingerprint density at radius 1 is 0.923 bits per heavy atom. The minimum Gasteiger partial charge on any atom is -0.507 e. The number of halogens is 2. The van der Waals surface area contributed by atoms with E-state index in [1.807, 2.05) is 37.3 Å². The summed E-state index contributed by atoms with van der Waals surface area (Å²) in [5.74, 6) is -1.52. The molecule has 2 N–H and O–H groups in total. The molecular weight excluding hydrogens is 537 g/mol. The number of amides is 1. The highest BCUT2D eigenvalue weighted by atomic mass is 35.5. The van der Waals surface area contributed by atoms with Crippen LogP contribution < -0.4 is 9.64 Å². The molecule has 4 aromatic carbocycles. The number of rotatable bonds is 6. The van der Waals surface area contributed by atoms with E-state index in [1.165, 1.54) is 17.0 Å². The zero-order valence-electron chi connectivity index (χ0n) is 20.8. The zero-order chi connectivity index (χ0) is 27.7. The number of Topliss-reactive ketones (excluding diaryl/α,β-unsaturated/α-hetero) is 1. The largest absolute Gasteiger partial charge is 0.507 e. The molecule has 1 atom stereocenters. The SMILES string of the molecule is Cc1cc(/C(O)=C2/C(=O)C(=O)N(c3ccc(Cl)cc3)C2c2ccc(O)c(Cl)c2)ccc1OCc1ccccc1. The van der Waals surface area contributed by atoms with Gasteiger partial charge in [-0.15, -0.1) is 0 Å².